The molecule has 158 valence electrons. The molecule has 3 amide bonds. The largest absolute Gasteiger partial charge is 0.486 e. The van der Waals surface area contributed by atoms with E-state index in [1.807, 2.05) is 18.2 Å². The molecule has 0 aromatic heterocycles. The predicted molar refractivity (Wildman–Crippen MR) is 114 cm³/mol. The number of fused-ring (bicyclic) bond motifs is 1. The molecule has 2 N–H and O–H groups in total. The molecule has 2 aliphatic heterocycles. The number of nitrogens with zero attached hydrogens (tertiary/aromatic N) is 1. The molecule has 0 spiro atoms. The van der Waals surface area contributed by atoms with Crippen LogP contribution < -0.4 is 20.1 Å². The second kappa shape index (κ2) is 9.52. The highest BCUT2D eigenvalue weighted by Gasteiger charge is 2.34. The Hall–Kier alpha value is -3.22. The first kappa shape index (κ1) is 20.1. The number of nitrogens with one attached hydrogen (secondary N) is 2. The molecule has 0 bridgehead atoms. The zero-order valence-corrected chi connectivity index (χ0v) is 16.9. The Labute approximate surface area is 176 Å². The van der Waals surface area contributed by atoms with Gasteiger partial charge in [0.15, 0.2) is 11.5 Å². The Balaban J connectivity index is 1.28. The molecule has 1 atom stereocenters. The van der Waals surface area contributed by atoms with Crippen LogP contribution in [0.1, 0.15) is 24.8 Å². The van der Waals surface area contributed by atoms with Crippen molar-refractivity contribution < 1.29 is 19.1 Å². The van der Waals surface area contributed by atoms with Gasteiger partial charge in [0.05, 0.1) is 0 Å². The Bertz CT molecular complexity index is 887. The van der Waals surface area contributed by atoms with Crippen LogP contribution in [0.5, 0.6) is 11.5 Å². The van der Waals surface area contributed by atoms with E-state index in [-0.39, 0.29) is 11.9 Å². The summed E-state index contributed by atoms with van der Waals surface area (Å²) in [6.07, 6.45) is 3.28. The van der Waals surface area contributed by atoms with Crippen LogP contribution >= 0.6 is 0 Å². The molecule has 0 unspecified atom stereocenters. The van der Waals surface area contributed by atoms with Crippen LogP contribution in [0.4, 0.5) is 10.5 Å². The molecular formula is C23H27N3O4. The van der Waals surface area contributed by atoms with E-state index < -0.39 is 6.04 Å². The summed E-state index contributed by atoms with van der Waals surface area (Å²) in [4.78, 5) is 27.0. The van der Waals surface area contributed by atoms with Gasteiger partial charge in [-0.05, 0) is 43.4 Å². The maximum atomic E-state index is 12.8. The van der Waals surface area contributed by atoms with Crippen LogP contribution in [0.3, 0.4) is 0 Å². The maximum absolute atomic E-state index is 12.8. The fourth-order valence-electron chi connectivity index (χ4n) is 3.87. The van der Waals surface area contributed by atoms with Gasteiger partial charge >= 0.3 is 6.03 Å². The lowest BCUT2D eigenvalue weighted by atomic mass is 10.1. The van der Waals surface area contributed by atoms with Crippen LogP contribution in [0.25, 0.3) is 0 Å². The van der Waals surface area contributed by atoms with E-state index in [9.17, 15) is 9.59 Å². The zero-order chi connectivity index (χ0) is 20.8. The number of likely N-dealkylation sites (tertiary alicyclic amines) is 1. The van der Waals surface area contributed by atoms with E-state index in [1.54, 1.807) is 23.1 Å². The van der Waals surface area contributed by atoms with Crippen molar-refractivity contribution in [3.63, 3.8) is 0 Å². The first-order valence-electron chi connectivity index (χ1n) is 10.5. The number of carbonyl (C=O) groups is 2. The third-order valence-corrected chi connectivity index (χ3v) is 5.39. The van der Waals surface area contributed by atoms with Gasteiger partial charge in [-0.15, -0.1) is 0 Å². The van der Waals surface area contributed by atoms with Gasteiger partial charge < -0.3 is 25.0 Å². The second-order valence-corrected chi connectivity index (χ2v) is 7.52. The van der Waals surface area contributed by atoms with Gasteiger partial charge in [0.25, 0.3) is 0 Å². The average Bonchev–Trinajstić information content (AvgIpc) is 3.27. The first-order chi connectivity index (χ1) is 14.7. The fraction of sp³-hybridized carbons (Fsp3) is 0.391. The van der Waals surface area contributed by atoms with E-state index in [0.717, 1.165) is 19.3 Å². The molecule has 0 radical (unpaired) electrons. The number of rotatable bonds is 6. The molecule has 4 rings (SSSR count). The SMILES string of the molecule is O=C(NCCCc1ccccc1)[C@@H]1CCCN1C(=O)Nc1ccc2c(c1)OCCO2. The van der Waals surface area contributed by atoms with Gasteiger partial charge in [0.1, 0.15) is 19.3 Å². The number of ether oxygens (including phenoxy) is 2. The smallest absolute Gasteiger partial charge is 0.322 e. The van der Waals surface area contributed by atoms with Crippen LogP contribution in [0.2, 0.25) is 0 Å². The summed E-state index contributed by atoms with van der Waals surface area (Å²) < 4.78 is 11.1. The van der Waals surface area contributed by atoms with Crippen LogP contribution in [-0.4, -0.2) is 49.2 Å². The minimum absolute atomic E-state index is 0.0853. The molecule has 30 heavy (non-hydrogen) atoms. The lowest BCUT2D eigenvalue weighted by molar-refractivity contribution is -0.124. The summed E-state index contributed by atoms with van der Waals surface area (Å²) in [6.45, 7) is 2.18. The van der Waals surface area contributed by atoms with Crippen molar-refractivity contribution >= 4 is 17.6 Å². The Morgan fingerprint density at radius 1 is 1.03 bits per heavy atom. The Morgan fingerprint density at radius 2 is 1.83 bits per heavy atom. The fourth-order valence-corrected chi connectivity index (χ4v) is 3.87. The first-order valence-corrected chi connectivity index (χ1v) is 10.5. The number of carbonyl (C=O) groups excluding carboxylic acids is 2. The van der Waals surface area contributed by atoms with Crippen LogP contribution in [0.15, 0.2) is 48.5 Å². The maximum Gasteiger partial charge on any atom is 0.322 e. The van der Waals surface area contributed by atoms with E-state index >= 15 is 0 Å². The second-order valence-electron chi connectivity index (χ2n) is 7.52. The summed E-state index contributed by atoms with van der Waals surface area (Å²) in [7, 11) is 0. The summed E-state index contributed by atoms with van der Waals surface area (Å²) in [5.74, 6) is 1.21. The lowest BCUT2D eigenvalue weighted by Crippen LogP contribution is -2.47. The number of hydrogen-bond donors (Lipinski definition) is 2. The topological polar surface area (TPSA) is 79.9 Å². The average molecular weight is 409 g/mol. The lowest BCUT2D eigenvalue weighted by Gasteiger charge is -2.25. The van der Waals surface area contributed by atoms with Crippen molar-refractivity contribution in [1.82, 2.24) is 10.2 Å². The number of amides is 3. The minimum Gasteiger partial charge on any atom is -0.486 e. The molecule has 2 heterocycles. The standard InChI is InChI=1S/C23H27N3O4/c27-22(24-12-4-8-17-6-2-1-3-7-17)19-9-5-13-26(19)23(28)25-18-10-11-20-21(16-18)30-15-14-29-20/h1-3,6-7,10-11,16,19H,4-5,8-9,12-15H2,(H,24,27)(H,25,28)/t19-/m0/s1. The molecule has 0 saturated carbocycles. The van der Waals surface area contributed by atoms with Gasteiger partial charge in [-0.2, -0.15) is 0 Å². The monoisotopic (exact) mass is 409 g/mol. The molecule has 0 aliphatic carbocycles. The predicted octanol–water partition coefficient (Wildman–Crippen LogP) is 3.20. The number of benzene rings is 2. The van der Waals surface area contributed by atoms with E-state index in [1.165, 1.54) is 5.56 Å². The summed E-state index contributed by atoms with van der Waals surface area (Å²) in [5.41, 5.74) is 1.88. The number of aryl methyl sites for hydroxylation is 1. The normalized spacial score (nSPS) is 17.5. The molecule has 2 aromatic rings. The molecular weight excluding hydrogens is 382 g/mol. The molecule has 1 saturated heterocycles. The van der Waals surface area contributed by atoms with Crippen molar-refractivity contribution in [3.05, 3.63) is 54.1 Å². The van der Waals surface area contributed by atoms with Gasteiger partial charge in [0, 0.05) is 24.8 Å². The van der Waals surface area contributed by atoms with Gasteiger partial charge in [-0.3, -0.25) is 4.79 Å². The van der Waals surface area contributed by atoms with Crippen molar-refractivity contribution in [1.29, 1.82) is 0 Å². The minimum atomic E-state index is -0.432. The van der Waals surface area contributed by atoms with Crippen molar-refractivity contribution in [3.8, 4) is 11.5 Å². The molecule has 7 heteroatoms. The van der Waals surface area contributed by atoms with Crippen molar-refractivity contribution in [2.24, 2.45) is 0 Å². The quantitative estimate of drug-likeness (QED) is 0.718. The highest BCUT2D eigenvalue weighted by atomic mass is 16.6. The summed E-state index contributed by atoms with van der Waals surface area (Å²) in [5, 5.41) is 5.87. The molecule has 2 aliphatic rings. The van der Waals surface area contributed by atoms with Crippen molar-refractivity contribution in [2.75, 3.05) is 31.6 Å². The van der Waals surface area contributed by atoms with E-state index in [2.05, 4.69) is 22.8 Å². The van der Waals surface area contributed by atoms with Crippen molar-refractivity contribution in [2.45, 2.75) is 31.7 Å². The highest BCUT2D eigenvalue weighted by molar-refractivity contribution is 5.94. The van der Waals surface area contributed by atoms with Gasteiger partial charge in [-0.25, -0.2) is 4.79 Å². The van der Waals surface area contributed by atoms with Crippen LogP contribution in [0, 0.1) is 0 Å². The Morgan fingerprint density at radius 3 is 2.67 bits per heavy atom. The van der Waals surface area contributed by atoms with E-state index in [4.69, 9.17) is 9.47 Å². The summed E-state index contributed by atoms with van der Waals surface area (Å²) >= 11 is 0. The van der Waals surface area contributed by atoms with Gasteiger partial charge in [0.2, 0.25) is 5.91 Å². The third-order valence-electron chi connectivity index (χ3n) is 5.39. The number of hydrogen-bond acceptors (Lipinski definition) is 4. The number of anilines is 1. The molecule has 2 aromatic carbocycles. The van der Waals surface area contributed by atoms with E-state index in [0.29, 0.717) is 49.9 Å². The van der Waals surface area contributed by atoms with Crippen LogP contribution in [-0.2, 0) is 11.2 Å². The van der Waals surface area contributed by atoms with Gasteiger partial charge in [-0.1, -0.05) is 30.3 Å². The molecule has 1 fully saturated rings. The summed E-state index contributed by atoms with van der Waals surface area (Å²) in [6, 6.07) is 14.8. The Kier molecular flexibility index (Phi) is 6.37. The highest BCUT2D eigenvalue weighted by Crippen LogP contribution is 2.33. The number of urea groups is 1. The third kappa shape index (κ3) is 4.84. The molecule has 7 nitrogen and oxygen atoms in total. The zero-order valence-electron chi connectivity index (χ0n) is 16.9.